The number of hydrogen-bond acceptors (Lipinski definition) is 4. The predicted octanol–water partition coefficient (Wildman–Crippen LogP) is 0.769. The molecular weight excluding hydrogens is 276 g/mol. The Balaban J connectivity index is 1.86. The molecule has 2 aliphatic rings. The Morgan fingerprint density at radius 2 is 2.05 bits per heavy atom. The SMILES string of the molecule is NCC1(NS(=O)(=O)c2cn3c(n2)CCCC3)CCCC1. The zero-order valence-electron chi connectivity index (χ0n) is 11.6. The van der Waals surface area contributed by atoms with Gasteiger partial charge >= 0.3 is 0 Å². The van der Waals surface area contributed by atoms with Crippen LogP contribution in [0.15, 0.2) is 11.2 Å². The van der Waals surface area contributed by atoms with Crippen molar-refractivity contribution in [2.24, 2.45) is 5.73 Å². The highest BCUT2D eigenvalue weighted by atomic mass is 32.2. The predicted molar refractivity (Wildman–Crippen MR) is 75.7 cm³/mol. The number of nitrogens with two attached hydrogens (primary N) is 1. The highest BCUT2D eigenvalue weighted by Gasteiger charge is 2.37. The minimum absolute atomic E-state index is 0.147. The normalized spacial score (nSPS) is 21.9. The minimum Gasteiger partial charge on any atom is -0.333 e. The lowest BCUT2D eigenvalue weighted by atomic mass is 10.0. The van der Waals surface area contributed by atoms with Crippen molar-refractivity contribution in [2.75, 3.05) is 6.54 Å². The first-order chi connectivity index (χ1) is 9.55. The monoisotopic (exact) mass is 298 g/mol. The molecule has 0 unspecified atom stereocenters. The number of fused-ring (bicyclic) bond motifs is 1. The topological polar surface area (TPSA) is 90.0 Å². The molecule has 0 spiro atoms. The summed E-state index contributed by atoms with van der Waals surface area (Å²) in [5, 5.41) is 0.147. The van der Waals surface area contributed by atoms with Gasteiger partial charge in [-0.3, -0.25) is 0 Å². The van der Waals surface area contributed by atoms with Gasteiger partial charge in [-0.25, -0.2) is 18.1 Å². The molecule has 0 amide bonds. The van der Waals surface area contributed by atoms with E-state index in [1.54, 1.807) is 6.20 Å². The molecule has 20 heavy (non-hydrogen) atoms. The first-order valence-corrected chi connectivity index (χ1v) is 8.83. The molecule has 0 atom stereocenters. The Bertz CT molecular complexity index is 564. The van der Waals surface area contributed by atoms with Gasteiger partial charge in [0, 0.05) is 31.2 Å². The molecule has 1 aliphatic carbocycles. The average Bonchev–Trinajstić information content (AvgIpc) is 3.05. The Morgan fingerprint density at radius 3 is 2.70 bits per heavy atom. The van der Waals surface area contributed by atoms with Crippen LogP contribution < -0.4 is 10.5 Å². The molecular formula is C13H22N4O2S. The molecule has 1 aliphatic heterocycles. The van der Waals surface area contributed by atoms with Gasteiger partial charge in [-0.15, -0.1) is 0 Å². The van der Waals surface area contributed by atoms with Crippen molar-refractivity contribution >= 4 is 10.0 Å². The van der Waals surface area contributed by atoms with Gasteiger partial charge in [-0.1, -0.05) is 12.8 Å². The maximum absolute atomic E-state index is 12.5. The van der Waals surface area contributed by atoms with Crippen LogP contribution in [0.5, 0.6) is 0 Å². The van der Waals surface area contributed by atoms with Crippen LogP contribution in [0.25, 0.3) is 0 Å². The first kappa shape index (κ1) is 14.0. The number of hydrogen-bond donors (Lipinski definition) is 2. The van der Waals surface area contributed by atoms with E-state index in [-0.39, 0.29) is 5.03 Å². The summed E-state index contributed by atoms with van der Waals surface area (Å²) in [4.78, 5) is 4.30. The van der Waals surface area contributed by atoms with Gasteiger partial charge in [0.1, 0.15) is 5.82 Å². The molecule has 0 aromatic carbocycles. The molecule has 0 bridgehead atoms. The molecule has 1 aromatic heterocycles. The largest absolute Gasteiger partial charge is 0.333 e. The van der Waals surface area contributed by atoms with Crippen LogP contribution in [0.2, 0.25) is 0 Å². The van der Waals surface area contributed by atoms with Gasteiger partial charge in [0.2, 0.25) is 0 Å². The lowest BCUT2D eigenvalue weighted by Gasteiger charge is -2.27. The van der Waals surface area contributed by atoms with E-state index in [9.17, 15) is 8.42 Å². The number of nitrogens with one attached hydrogen (secondary N) is 1. The molecule has 112 valence electrons. The van der Waals surface area contributed by atoms with Gasteiger partial charge in [0.05, 0.1) is 0 Å². The minimum atomic E-state index is -3.57. The van der Waals surface area contributed by atoms with E-state index in [0.29, 0.717) is 6.54 Å². The van der Waals surface area contributed by atoms with Gasteiger partial charge in [0.15, 0.2) is 5.03 Å². The number of aryl methyl sites for hydroxylation is 2. The van der Waals surface area contributed by atoms with E-state index in [1.165, 1.54) is 0 Å². The summed E-state index contributed by atoms with van der Waals surface area (Å²) in [6, 6.07) is 0. The summed E-state index contributed by atoms with van der Waals surface area (Å²) < 4.78 is 29.8. The quantitative estimate of drug-likeness (QED) is 0.859. The molecule has 1 fully saturated rings. The van der Waals surface area contributed by atoms with Gasteiger partial charge < -0.3 is 10.3 Å². The Kier molecular flexibility index (Phi) is 3.60. The molecule has 3 N–H and O–H groups in total. The van der Waals surface area contributed by atoms with Crippen LogP contribution in [0.3, 0.4) is 0 Å². The van der Waals surface area contributed by atoms with Gasteiger partial charge in [-0.05, 0) is 25.7 Å². The van der Waals surface area contributed by atoms with Crippen molar-refractivity contribution in [1.29, 1.82) is 0 Å². The summed E-state index contributed by atoms with van der Waals surface area (Å²) >= 11 is 0. The standard InChI is InChI=1S/C13H22N4O2S/c14-10-13(6-2-3-7-13)16-20(18,19)12-9-17-8-4-1-5-11(17)15-12/h9,16H,1-8,10,14H2. The summed E-state index contributed by atoms with van der Waals surface area (Å²) in [6.45, 7) is 1.21. The Hall–Kier alpha value is -0.920. The van der Waals surface area contributed by atoms with E-state index in [4.69, 9.17) is 5.73 Å². The van der Waals surface area contributed by atoms with Gasteiger partial charge in [0.25, 0.3) is 10.0 Å². The van der Waals surface area contributed by atoms with Crippen molar-refractivity contribution < 1.29 is 8.42 Å². The lowest BCUT2D eigenvalue weighted by Crippen LogP contribution is -2.51. The molecule has 7 heteroatoms. The smallest absolute Gasteiger partial charge is 0.260 e. The van der Waals surface area contributed by atoms with Crippen molar-refractivity contribution in [2.45, 2.75) is 62.1 Å². The third kappa shape index (κ3) is 2.49. The zero-order valence-corrected chi connectivity index (χ0v) is 12.5. The first-order valence-electron chi connectivity index (χ1n) is 7.35. The highest BCUT2D eigenvalue weighted by Crippen LogP contribution is 2.30. The van der Waals surface area contributed by atoms with Gasteiger partial charge in [-0.2, -0.15) is 0 Å². The highest BCUT2D eigenvalue weighted by molar-refractivity contribution is 7.89. The van der Waals surface area contributed by atoms with Crippen molar-refractivity contribution in [3.05, 3.63) is 12.0 Å². The van der Waals surface area contributed by atoms with Crippen LogP contribution >= 0.6 is 0 Å². The molecule has 2 heterocycles. The molecule has 0 saturated heterocycles. The molecule has 1 aromatic rings. The second kappa shape index (κ2) is 5.13. The van der Waals surface area contributed by atoms with Crippen molar-refractivity contribution in [3.8, 4) is 0 Å². The molecule has 3 rings (SSSR count). The second-order valence-corrected chi connectivity index (χ2v) is 7.57. The van der Waals surface area contributed by atoms with E-state index >= 15 is 0 Å². The Labute approximate surface area is 119 Å². The van der Waals surface area contributed by atoms with Crippen molar-refractivity contribution in [1.82, 2.24) is 14.3 Å². The lowest BCUT2D eigenvalue weighted by molar-refractivity contribution is 0.399. The van der Waals surface area contributed by atoms with E-state index in [1.807, 2.05) is 4.57 Å². The summed E-state index contributed by atoms with van der Waals surface area (Å²) in [5.74, 6) is 0.879. The third-order valence-electron chi connectivity index (χ3n) is 4.46. The van der Waals surface area contributed by atoms with Crippen LogP contribution in [-0.4, -0.2) is 30.1 Å². The number of rotatable bonds is 4. The van der Waals surface area contributed by atoms with E-state index in [2.05, 4.69) is 9.71 Å². The maximum Gasteiger partial charge on any atom is 0.260 e. The summed E-state index contributed by atoms with van der Waals surface area (Å²) in [5.41, 5.74) is 5.33. The fourth-order valence-corrected chi connectivity index (χ4v) is 4.71. The average molecular weight is 298 g/mol. The molecule has 1 saturated carbocycles. The van der Waals surface area contributed by atoms with Crippen molar-refractivity contribution in [3.63, 3.8) is 0 Å². The number of nitrogens with zero attached hydrogens (tertiary/aromatic N) is 2. The maximum atomic E-state index is 12.5. The van der Waals surface area contributed by atoms with E-state index in [0.717, 1.165) is 57.3 Å². The molecule has 0 radical (unpaired) electrons. The zero-order chi connectivity index (χ0) is 14.2. The van der Waals surface area contributed by atoms with Crippen LogP contribution in [0, 0.1) is 0 Å². The van der Waals surface area contributed by atoms with E-state index < -0.39 is 15.6 Å². The summed E-state index contributed by atoms with van der Waals surface area (Å²) in [7, 11) is -3.57. The summed E-state index contributed by atoms with van der Waals surface area (Å²) in [6.07, 6.45) is 8.37. The number of aromatic nitrogens is 2. The fourth-order valence-electron chi connectivity index (χ4n) is 3.25. The van der Waals surface area contributed by atoms with Crippen LogP contribution in [0.1, 0.15) is 44.3 Å². The van der Waals surface area contributed by atoms with Crippen LogP contribution in [-0.2, 0) is 23.0 Å². The number of imidazole rings is 1. The molecule has 6 nitrogen and oxygen atoms in total. The Morgan fingerprint density at radius 1 is 1.30 bits per heavy atom. The second-order valence-electron chi connectivity index (χ2n) is 5.94. The number of sulfonamides is 1. The fraction of sp³-hybridized carbons (Fsp3) is 0.769. The van der Waals surface area contributed by atoms with Crippen LogP contribution in [0.4, 0.5) is 0 Å². The third-order valence-corrected chi connectivity index (χ3v) is 5.91.